The largest absolute Gasteiger partial charge is 0.357 e. The lowest BCUT2D eigenvalue weighted by Gasteiger charge is -2.16. The lowest BCUT2D eigenvalue weighted by molar-refractivity contribution is -0.131. The Hall–Kier alpha value is -2.55. The molecular weight excluding hydrogens is 525 g/mol. The molecule has 0 aliphatic carbocycles. The van der Waals surface area contributed by atoms with E-state index in [1.165, 1.54) is 22.0 Å². The number of hydrogen-bond acceptors (Lipinski definition) is 2. The van der Waals surface area contributed by atoms with Crippen LogP contribution in [0.25, 0.3) is 10.9 Å². The quantitative estimate of drug-likeness (QED) is 0.175. The van der Waals surface area contributed by atoms with Crippen LogP contribution in [0.4, 0.5) is 0 Å². The molecule has 33 heavy (non-hydrogen) atoms. The van der Waals surface area contributed by atoms with Gasteiger partial charge in [-0.3, -0.25) is 9.79 Å². The molecule has 1 aromatic heterocycles. The van der Waals surface area contributed by atoms with Crippen LogP contribution in [0.5, 0.6) is 0 Å². The number of para-hydroxylation sites is 1. The van der Waals surface area contributed by atoms with Gasteiger partial charge < -0.3 is 20.1 Å². The molecule has 0 saturated carbocycles. The van der Waals surface area contributed by atoms with Gasteiger partial charge in [0.2, 0.25) is 5.91 Å². The van der Waals surface area contributed by atoms with Gasteiger partial charge in [-0.1, -0.05) is 42.5 Å². The normalized spacial score (nSPS) is 13.0. The molecule has 7 heteroatoms. The van der Waals surface area contributed by atoms with Crippen molar-refractivity contribution in [1.29, 1.82) is 0 Å². The number of fused-ring (bicyclic) bond motifs is 2. The van der Waals surface area contributed by atoms with Crippen LogP contribution in [0.3, 0.4) is 0 Å². The summed E-state index contributed by atoms with van der Waals surface area (Å²) in [5.41, 5.74) is 3.81. The zero-order chi connectivity index (χ0) is 22.2. The fraction of sp³-hybridized carbons (Fsp3) is 0.385. The number of aliphatic imine (C=N–C) groups is 1. The number of amides is 1. The molecule has 2 N–H and O–H groups in total. The maximum absolute atomic E-state index is 12.6. The number of aromatic nitrogens is 1. The monoisotopic (exact) mass is 559 g/mol. The molecule has 176 valence electrons. The summed E-state index contributed by atoms with van der Waals surface area (Å²) in [6, 6.07) is 18.9. The SMILES string of the molecule is CCNC(=NCCCn1ccc2ccccc21)NCCCC(=O)N1Cc2ccccc2C1.I. The first kappa shape index (κ1) is 25.1. The lowest BCUT2D eigenvalue weighted by Crippen LogP contribution is -2.38. The number of aryl methyl sites for hydroxylation is 1. The molecule has 0 radical (unpaired) electrons. The molecule has 0 fully saturated rings. The summed E-state index contributed by atoms with van der Waals surface area (Å²) in [5, 5.41) is 7.94. The van der Waals surface area contributed by atoms with Crippen LogP contribution in [-0.4, -0.2) is 41.0 Å². The van der Waals surface area contributed by atoms with Crippen LogP contribution in [0.15, 0.2) is 65.8 Å². The predicted octanol–water partition coefficient (Wildman–Crippen LogP) is 4.53. The Kier molecular flexibility index (Phi) is 9.60. The lowest BCUT2D eigenvalue weighted by atomic mass is 10.1. The second-order valence-corrected chi connectivity index (χ2v) is 8.23. The van der Waals surface area contributed by atoms with Gasteiger partial charge in [0.25, 0.3) is 0 Å². The van der Waals surface area contributed by atoms with Gasteiger partial charge in [-0.05, 0) is 48.4 Å². The van der Waals surface area contributed by atoms with Crippen LogP contribution in [0, 0.1) is 0 Å². The zero-order valence-electron chi connectivity index (χ0n) is 19.3. The van der Waals surface area contributed by atoms with Crippen LogP contribution < -0.4 is 10.6 Å². The molecule has 4 rings (SSSR count). The topological polar surface area (TPSA) is 61.7 Å². The third-order valence-corrected chi connectivity index (χ3v) is 5.90. The zero-order valence-corrected chi connectivity index (χ0v) is 21.6. The summed E-state index contributed by atoms with van der Waals surface area (Å²) in [5.74, 6) is 1.05. The van der Waals surface area contributed by atoms with Gasteiger partial charge in [0, 0.05) is 57.4 Å². The first-order valence-electron chi connectivity index (χ1n) is 11.6. The van der Waals surface area contributed by atoms with E-state index in [0.717, 1.165) is 58.1 Å². The molecule has 0 spiro atoms. The van der Waals surface area contributed by atoms with Gasteiger partial charge in [0.05, 0.1) is 0 Å². The van der Waals surface area contributed by atoms with Crippen molar-refractivity contribution < 1.29 is 4.79 Å². The van der Waals surface area contributed by atoms with Crippen molar-refractivity contribution in [1.82, 2.24) is 20.1 Å². The Morgan fingerprint density at radius 2 is 1.70 bits per heavy atom. The molecular formula is C26H34IN5O. The molecule has 0 saturated heterocycles. The number of carbonyl (C=O) groups is 1. The highest BCUT2D eigenvalue weighted by molar-refractivity contribution is 14.0. The van der Waals surface area contributed by atoms with Gasteiger partial charge in [0.1, 0.15) is 0 Å². The molecule has 1 aliphatic rings. The number of guanidine groups is 1. The molecule has 2 aromatic carbocycles. The molecule has 1 aliphatic heterocycles. The van der Waals surface area contributed by atoms with Crippen molar-refractivity contribution in [3.05, 3.63) is 71.9 Å². The fourth-order valence-corrected chi connectivity index (χ4v) is 4.22. The summed E-state index contributed by atoms with van der Waals surface area (Å²) in [6.45, 7) is 6.81. The van der Waals surface area contributed by atoms with E-state index >= 15 is 0 Å². The highest BCUT2D eigenvalue weighted by Crippen LogP contribution is 2.22. The molecule has 6 nitrogen and oxygen atoms in total. The van der Waals surface area contributed by atoms with Crippen LogP contribution in [0.2, 0.25) is 0 Å². The first-order valence-corrected chi connectivity index (χ1v) is 11.6. The highest BCUT2D eigenvalue weighted by Gasteiger charge is 2.22. The van der Waals surface area contributed by atoms with Crippen LogP contribution in [-0.2, 0) is 24.4 Å². The molecule has 0 bridgehead atoms. The first-order chi connectivity index (χ1) is 15.7. The van der Waals surface area contributed by atoms with E-state index in [9.17, 15) is 4.79 Å². The van der Waals surface area contributed by atoms with E-state index in [-0.39, 0.29) is 29.9 Å². The number of nitrogens with zero attached hydrogens (tertiary/aromatic N) is 3. The maximum Gasteiger partial charge on any atom is 0.223 e. The van der Waals surface area contributed by atoms with Gasteiger partial charge in [-0.2, -0.15) is 0 Å². The average Bonchev–Trinajstić information content (AvgIpc) is 3.43. The van der Waals surface area contributed by atoms with Crippen molar-refractivity contribution >= 4 is 46.7 Å². The molecule has 3 aromatic rings. The van der Waals surface area contributed by atoms with Gasteiger partial charge in [-0.15, -0.1) is 24.0 Å². The predicted molar refractivity (Wildman–Crippen MR) is 146 cm³/mol. The molecule has 1 amide bonds. The van der Waals surface area contributed by atoms with Crippen molar-refractivity contribution in [2.75, 3.05) is 19.6 Å². The van der Waals surface area contributed by atoms with Gasteiger partial charge in [-0.25, -0.2) is 0 Å². The van der Waals surface area contributed by atoms with Crippen LogP contribution in [0.1, 0.15) is 37.3 Å². The summed E-state index contributed by atoms with van der Waals surface area (Å²) in [7, 11) is 0. The Labute approximate surface area is 213 Å². The van der Waals surface area contributed by atoms with Gasteiger partial charge in [0.15, 0.2) is 5.96 Å². The van der Waals surface area contributed by atoms with E-state index in [0.29, 0.717) is 6.42 Å². The van der Waals surface area contributed by atoms with E-state index in [2.05, 4.69) is 70.8 Å². The summed E-state index contributed by atoms with van der Waals surface area (Å²) in [4.78, 5) is 19.2. The second-order valence-electron chi connectivity index (χ2n) is 8.23. The molecule has 2 heterocycles. The van der Waals surface area contributed by atoms with Crippen molar-refractivity contribution in [2.45, 2.75) is 45.8 Å². The smallest absolute Gasteiger partial charge is 0.223 e. The van der Waals surface area contributed by atoms with E-state index in [4.69, 9.17) is 4.99 Å². The minimum atomic E-state index is 0. The van der Waals surface area contributed by atoms with Gasteiger partial charge >= 0.3 is 0 Å². The Bertz CT molecular complexity index is 1050. The number of hydrogen-bond donors (Lipinski definition) is 2. The number of halogens is 1. The molecule has 0 unspecified atom stereocenters. The third kappa shape index (κ3) is 6.72. The Morgan fingerprint density at radius 3 is 2.45 bits per heavy atom. The minimum Gasteiger partial charge on any atom is -0.357 e. The van der Waals surface area contributed by atoms with Crippen molar-refractivity contribution in [3.63, 3.8) is 0 Å². The number of rotatable bonds is 9. The average molecular weight is 559 g/mol. The maximum atomic E-state index is 12.6. The van der Waals surface area contributed by atoms with Crippen molar-refractivity contribution in [2.24, 2.45) is 4.99 Å². The molecule has 0 atom stereocenters. The summed E-state index contributed by atoms with van der Waals surface area (Å²) < 4.78 is 2.29. The van der Waals surface area contributed by atoms with Crippen LogP contribution >= 0.6 is 24.0 Å². The van der Waals surface area contributed by atoms with E-state index in [1.807, 2.05) is 17.0 Å². The van der Waals surface area contributed by atoms with Crippen molar-refractivity contribution in [3.8, 4) is 0 Å². The third-order valence-electron chi connectivity index (χ3n) is 5.90. The van der Waals surface area contributed by atoms with E-state index in [1.54, 1.807) is 0 Å². The second kappa shape index (κ2) is 12.6. The summed E-state index contributed by atoms with van der Waals surface area (Å²) >= 11 is 0. The Morgan fingerprint density at radius 1 is 0.970 bits per heavy atom. The summed E-state index contributed by atoms with van der Waals surface area (Å²) in [6.07, 6.45) is 4.48. The van der Waals surface area contributed by atoms with E-state index < -0.39 is 0 Å². The number of benzene rings is 2. The highest BCUT2D eigenvalue weighted by atomic mass is 127. The fourth-order valence-electron chi connectivity index (χ4n) is 4.22. The standard InChI is InChI=1S/C26H33N5O.HI/c1-2-27-26(29-16-8-17-30-18-14-21-9-5-6-12-24(21)30)28-15-7-13-25(32)31-19-22-10-3-4-11-23(22)20-31;/h3-6,9-12,14,18H,2,7-8,13,15-17,19-20H2,1H3,(H2,27,28,29);1H. The Balaban J connectivity index is 0.00000306. The number of nitrogens with one attached hydrogen (secondary N) is 2. The minimum absolute atomic E-state index is 0. The number of carbonyl (C=O) groups excluding carboxylic acids is 1.